The minimum atomic E-state index is -0.0915. The zero-order chi connectivity index (χ0) is 14.3. The van der Waals surface area contributed by atoms with E-state index in [2.05, 4.69) is 17.6 Å². The topological polar surface area (TPSA) is 17.8 Å². The standard InChI is InChI=1S/C16H20Cl2N2/c1-11(17)15-19-13-9-12(18)5-6-14(13)20(15)10-16(2)7-3-4-8-16/h5-6,9,11H,3-4,7-8,10H2,1-2H3. The van der Waals surface area contributed by atoms with Crippen LogP contribution in [0, 0.1) is 5.41 Å². The molecule has 0 N–H and O–H groups in total. The van der Waals surface area contributed by atoms with Crippen molar-refractivity contribution in [3.8, 4) is 0 Å². The lowest BCUT2D eigenvalue weighted by atomic mass is 9.88. The summed E-state index contributed by atoms with van der Waals surface area (Å²) in [6.07, 6.45) is 5.24. The zero-order valence-electron chi connectivity index (χ0n) is 12.0. The summed E-state index contributed by atoms with van der Waals surface area (Å²) in [6, 6.07) is 5.92. The Balaban J connectivity index is 2.09. The predicted octanol–water partition coefficient (Wildman–Crippen LogP) is 5.57. The van der Waals surface area contributed by atoms with Crippen LogP contribution in [0.4, 0.5) is 0 Å². The second-order valence-electron chi connectivity index (χ2n) is 6.32. The summed E-state index contributed by atoms with van der Waals surface area (Å²) in [6.45, 7) is 5.36. The molecular weight excluding hydrogens is 291 g/mol. The summed E-state index contributed by atoms with van der Waals surface area (Å²) < 4.78 is 2.30. The molecule has 1 atom stereocenters. The molecule has 0 saturated heterocycles. The van der Waals surface area contributed by atoms with Gasteiger partial charge in [-0.05, 0) is 43.4 Å². The van der Waals surface area contributed by atoms with Gasteiger partial charge in [0.2, 0.25) is 0 Å². The third-order valence-electron chi connectivity index (χ3n) is 4.45. The first kappa shape index (κ1) is 14.2. The van der Waals surface area contributed by atoms with Crippen molar-refractivity contribution in [2.45, 2.75) is 51.5 Å². The van der Waals surface area contributed by atoms with Crippen LogP contribution in [0.5, 0.6) is 0 Å². The molecule has 0 bridgehead atoms. The molecule has 1 heterocycles. The smallest absolute Gasteiger partial charge is 0.127 e. The molecule has 1 aromatic carbocycles. The Morgan fingerprint density at radius 3 is 2.70 bits per heavy atom. The molecule has 1 unspecified atom stereocenters. The van der Waals surface area contributed by atoms with Gasteiger partial charge in [0, 0.05) is 11.6 Å². The van der Waals surface area contributed by atoms with Gasteiger partial charge >= 0.3 is 0 Å². The molecule has 0 aliphatic heterocycles. The molecule has 0 spiro atoms. The first-order valence-electron chi connectivity index (χ1n) is 7.28. The predicted molar refractivity (Wildman–Crippen MR) is 85.6 cm³/mol. The fraction of sp³-hybridized carbons (Fsp3) is 0.562. The quantitative estimate of drug-likeness (QED) is 0.678. The number of aromatic nitrogens is 2. The third kappa shape index (κ3) is 2.56. The maximum absolute atomic E-state index is 6.33. The third-order valence-corrected chi connectivity index (χ3v) is 4.88. The lowest BCUT2D eigenvalue weighted by Gasteiger charge is -2.26. The molecule has 1 fully saturated rings. The molecule has 108 valence electrons. The molecule has 0 radical (unpaired) electrons. The molecule has 1 aromatic heterocycles. The van der Waals surface area contributed by atoms with Crippen LogP contribution in [-0.4, -0.2) is 9.55 Å². The maximum atomic E-state index is 6.33. The summed E-state index contributed by atoms with van der Waals surface area (Å²) in [5.41, 5.74) is 2.46. The van der Waals surface area contributed by atoms with Gasteiger partial charge in [-0.1, -0.05) is 31.4 Å². The highest BCUT2D eigenvalue weighted by Crippen LogP contribution is 2.40. The molecule has 4 heteroatoms. The monoisotopic (exact) mass is 310 g/mol. The summed E-state index contributed by atoms with van der Waals surface area (Å²) >= 11 is 12.4. The van der Waals surface area contributed by atoms with E-state index in [1.807, 2.05) is 19.1 Å². The molecule has 0 amide bonds. The number of benzene rings is 1. The zero-order valence-corrected chi connectivity index (χ0v) is 13.5. The van der Waals surface area contributed by atoms with Crippen molar-refractivity contribution < 1.29 is 0 Å². The van der Waals surface area contributed by atoms with Gasteiger partial charge in [0.1, 0.15) is 5.82 Å². The van der Waals surface area contributed by atoms with Crippen molar-refractivity contribution in [1.29, 1.82) is 0 Å². The van der Waals surface area contributed by atoms with Gasteiger partial charge in [0.05, 0.1) is 16.4 Å². The molecule has 2 nitrogen and oxygen atoms in total. The fourth-order valence-electron chi connectivity index (χ4n) is 3.36. The van der Waals surface area contributed by atoms with Crippen LogP contribution in [0.1, 0.15) is 50.7 Å². The average Bonchev–Trinajstić information content (AvgIpc) is 2.94. The van der Waals surface area contributed by atoms with Gasteiger partial charge in [0.15, 0.2) is 0 Å². The summed E-state index contributed by atoms with van der Waals surface area (Å²) in [7, 11) is 0. The van der Waals surface area contributed by atoms with E-state index in [0.717, 1.165) is 28.4 Å². The number of nitrogens with zero attached hydrogens (tertiary/aromatic N) is 2. The van der Waals surface area contributed by atoms with Gasteiger partial charge in [-0.15, -0.1) is 11.6 Å². The summed E-state index contributed by atoms with van der Waals surface area (Å²) in [5.74, 6) is 0.956. The molecule has 1 aliphatic carbocycles. The lowest BCUT2D eigenvalue weighted by Crippen LogP contribution is -2.21. The highest BCUT2D eigenvalue weighted by atomic mass is 35.5. The van der Waals surface area contributed by atoms with E-state index in [1.54, 1.807) is 0 Å². The van der Waals surface area contributed by atoms with Crippen molar-refractivity contribution in [1.82, 2.24) is 9.55 Å². The number of hydrogen-bond donors (Lipinski definition) is 0. The summed E-state index contributed by atoms with van der Waals surface area (Å²) in [4.78, 5) is 4.69. The number of halogens is 2. The Labute approximate surface area is 130 Å². The molecule has 1 aliphatic rings. The molecule has 1 saturated carbocycles. The molecule has 20 heavy (non-hydrogen) atoms. The van der Waals surface area contributed by atoms with Crippen LogP contribution in [0.2, 0.25) is 5.02 Å². The maximum Gasteiger partial charge on any atom is 0.127 e. The lowest BCUT2D eigenvalue weighted by molar-refractivity contribution is 0.281. The molecular formula is C16H20Cl2N2. The Bertz CT molecular complexity index is 625. The SMILES string of the molecule is CC(Cl)c1nc2cc(Cl)ccc2n1CC1(C)CCCC1. The first-order chi connectivity index (χ1) is 9.48. The van der Waals surface area contributed by atoms with Crippen molar-refractivity contribution in [2.24, 2.45) is 5.41 Å². The number of hydrogen-bond acceptors (Lipinski definition) is 1. The van der Waals surface area contributed by atoms with E-state index in [4.69, 9.17) is 28.2 Å². The highest BCUT2D eigenvalue weighted by Gasteiger charge is 2.31. The summed E-state index contributed by atoms with van der Waals surface area (Å²) in [5, 5.41) is 0.634. The minimum absolute atomic E-state index is 0.0915. The van der Waals surface area contributed by atoms with E-state index < -0.39 is 0 Å². The number of alkyl halides is 1. The Hall–Kier alpha value is -0.730. The van der Waals surface area contributed by atoms with Crippen LogP contribution in [0.3, 0.4) is 0 Å². The first-order valence-corrected chi connectivity index (χ1v) is 8.10. The van der Waals surface area contributed by atoms with E-state index in [1.165, 1.54) is 25.7 Å². The normalized spacial score (nSPS) is 19.6. The number of rotatable bonds is 3. The van der Waals surface area contributed by atoms with Crippen molar-refractivity contribution >= 4 is 34.2 Å². The largest absolute Gasteiger partial charge is 0.326 e. The van der Waals surface area contributed by atoms with Gasteiger partial charge < -0.3 is 4.57 Å². The van der Waals surface area contributed by atoms with Crippen molar-refractivity contribution in [3.63, 3.8) is 0 Å². The van der Waals surface area contributed by atoms with Gasteiger partial charge in [0.25, 0.3) is 0 Å². The van der Waals surface area contributed by atoms with E-state index >= 15 is 0 Å². The van der Waals surface area contributed by atoms with Crippen LogP contribution in [0.25, 0.3) is 11.0 Å². The number of imidazole rings is 1. The van der Waals surface area contributed by atoms with E-state index in [-0.39, 0.29) is 5.38 Å². The second kappa shape index (κ2) is 5.23. The number of fused-ring (bicyclic) bond motifs is 1. The Morgan fingerprint density at radius 2 is 2.05 bits per heavy atom. The van der Waals surface area contributed by atoms with Crippen LogP contribution >= 0.6 is 23.2 Å². The Morgan fingerprint density at radius 1 is 1.35 bits per heavy atom. The fourth-order valence-corrected chi connectivity index (χ4v) is 3.69. The molecule has 3 rings (SSSR count). The Kier molecular flexibility index (Phi) is 3.72. The van der Waals surface area contributed by atoms with E-state index in [9.17, 15) is 0 Å². The second-order valence-corrected chi connectivity index (χ2v) is 7.41. The highest BCUT2D eigenvalue weighted by molar-refractivity contribution is 6.31. The van der Waals surface area contributed by atoms with Gasteiger partial charge in [-0.25, -0.2) is 4.98 Å². The van der Waals surface area contributed by atoms with E-state index in [0.29, 0.717) is 5.41 Å². The molecule has 2 aromatic rings. The minimum Gasteiger partial charge on any atom is -0.326 e. The van der Waals surface area contributed by atoms with Crippen LogP contribution < -0.4 is 0 Å². The average molecular weight is 311 g/mol. The van der Waals surface area contributed by atoms with Crippen molar-refractivity contribution in [2.75, 3.05) is 0 Å². The van der Waals surface area contributed by atoms with Crippen LogP contribution in [0.15, 0.2) is 18.2 Å². The van der Waals surface area contributed by atoms with Crippen molar-refractivity contribution in [3.05, 3.63) is 29.0 Å². The van der Waals surface area contributed by atoms with Gasteiger partial charge in [-0.3, -0.25) is 0 Å². The van der Waals surface area contributed by atoms with Crippen LogP contribution in [-0.2, 0) is 6.54 Å². The van der Waals surface area contributed by atoms with Gasteiger partial charge in [-0.2, -0.15) is 0 Å².